The zero-order valence-electron chi connectivity index (χ0n) is 14.9. The Kier molecular flexibility index (Phi) is 14.7. The van der Waals surface area contributed by atoms with Gasteiger partial charge < -0.3 is 21.7 Å². The first kappa shape index (κ1) is 20.8. The largest absolute Gasteiger partial charge is 0.327 e. The van der Waals surface area contributed by atoms with Crippen molar-refractivity contribution >= 4 is 0 Å². The van der Waals surface area contributed by atoms with Gasteiger partial charge in [-0.1, -0.05) is 39.0 Å². The highest BCUT2D eigenvalue weighted by Crippen LogP contribution is 2.03. The first-order valence-electron chi connectivity index (χ1n) is 8.99. The first-order chi connectivity index (χ1) is 10.1. The lowest BCUT2D eigenvalue weighted by Crippen LogP contribution is -2.45. The predicted molar refractivity (Wildman–Crippen MR) is 94.8 cm³/mol. The van der Waals surface area contributed by atoms with E-state index in [1.165, 1.54) is 38.5 Å². The first-order valence-corrected chi connectivity index (χ1v) is 8.99. The van der Waals surface area contributed by atoms with Crippen LogP contribution in [0, 0.1) is 0 Å². The molecule has 0 rings (SSSR count). The van der Waals surface area contributed by atoms with E-state index in [9.17, 15) is 0 Å². The molecule has 0 aromatic carbocycles. The standard InChI is InChI=1S/C17H40N4/c1-5-6-7-8-9-10-11-19-13-16(3)21-14-17(4)20-12-15(2)18/h15-17,19-21H,5-14,18H2,1-4H3. The molecule has 3 atom stereocenters. The molecule has 0 fully saturated rings. The van der Waals surface area contributed by atoms with E-state index in [2.05, 4.69) is 36.7 Å². The minimum Gasteiger partial charge on any atom is -0.327 e. The van der Waals surface area contributed by atoms with E-state index < -0.39 is 0 Å². The van der Waals surface area contributed by atoms with Crippen LogP contribution in [0.3, 0.4) is 0 Å². The zero-order chi connectivity index (χ0) is 15.9. The number of nitrogens with two attached hydrogens (primary N) is 1. The van der Waals surface area contributed by atoms with Gasteiger partial charge in [-0.2, -0.15) is 0 Å². The van der Waals surface area contributed by atoms with Crippen LogP contribution in [0.4, 0.5) is 0 Å². The lowest BCUT2D eigenvalue weighted by Gasteiger charge is -2.20. The fraction of sp³-hybridized carbons (Fsp3) is 1.00. The van der Waals surface area contributed by atoms with Gasteiger partial charge in [0.25, 0.3) is 0 Å². The maximum absolute atomic E-state index is 5.74. The lowest BCUT2D eigenvalue weighted by atomic mass is 10.1. The van der Waals surface area contributed by atoms with Crippen molar-refractivity contribution in [2.75, 3.05) is 26.2 Å². The molecule has 5 N–H and O–H groups in total. The third-order valence-electron chi connectivity index (χ3n) is 3.72. The maximum Gasteiger partial charge on any atom is 0.0164 e. The van der Waals surface area contributed by atoms with E-state index in [0.29, 0.717) is 12.1 Å². The summed E-state index contributed by atoms with van der Waals surface area (Å²) < 4.78 is 0. The van der Waals surface area contributed by atoms with Crippen LogP contribution in [0.15, 0.2) is 0 Å². The maximum atomic E-state index is 5.74. The van der Waals surface area contributed by atoms with Gasteiger partial charge in [0.05, 0.1) is 0 Å². The van der Waals surface area contributed by atoms with E-state index >= 15 is 0 Å². The minimum absolute atomic E-state index is 0.226. The highest BCUT2D eigenvalue weighted by molar-refractivity contribution is 4.71. The van der Waals surface area contributed by atoms with Crippen LogP contribution < -0.4 is 21.7 Å². The lowest BCUT2D eigenvalue weighted by molar-refractivity contribution is 0.435. The summed E-state index contributed by atoms with van der Waals surface area (Å²) in [5.74, 6) is 0. The second kappa shape index (κ2) is 14.8. The van der Waals surface area contributed by atoms with E-state index in [0.717, 1.165) is 26.2 Å². The number of nitrogens with one attached hydrogen (secondary N) is 3. The number of unbranched alkanes of at least 4 members (excludes halogenated alkanes) is 5. The summed E-state index contributed by atoms with van der Waals surface area (Å²) >= 11 is 0. The fourth-order valence-corrected chi connectivity index (χ4v) is 2.26. The fourth-order valence-electron chi connectivity index (χ4n) is 2.26. The van der Waals surface area contributed by atoms with Crippen molar-refractivity contribution in [3.05, 3.63) is 0 Å². The molecule has 0 bridgehead atoms. The van der Waals surface area contributed by atoms with Crippen LogP contribution in [-0.2, 0) is 0 Å². The molecule has 0 aliphatic heterocycles. The van der Waals surface area contributed by atoms with Gasteiger partial charge in [0.15, 0.2) is 0 Å². The van der Waals surface area contributed by atoms with Crippen LogP contribution in [0.2, 0.25) is 0 Å². The predicted octanol–water partition coefficient (Wildman–Crippen LogP) is 2.24. The molecule has 0 aliphatic carbocycles. The molecule has 0 aromatic rings. The smallest absolute Gasteiger partial charge is 0.0164 e. The van der Waals surface area contributed by atoms with E-state index in [1.807, 2.05) is 6.92 Å². The molecule has 3 unspecified atom stereocenters. The van der Waals surface area contributed by atoms with Crippen LogP contribution in [0.5, 0.6) is 0 Å². The average Bonchev–Trinajstić information content (AvgIpc) is 2.45. The van der Waals surface area contributed by atoms with E-state index in [-0.39, 0.29) is 6.04 Å². The molecule has 0 saturated heterocycles. The van der Waals surface area contributed by atoms with Crippen LogP contribution in [0.25, 0.3) is 0 Å². The van der Waals surface area contributed by atoms with Gasteiger partial charge in [-0.3, -0.25) is 0 Å². The summed E-state index contributed by atoms with van der Waals surface area (Å²) in [4.78, 5) is 0. The highest BCUT2D eigenvalue weighted by atomic mass is 15.0. The highest BCUT2D eigenvalue weighted by Gasteiger charge is 2.05. The van der Waals surface area contributed by atoms with Crippen molar-refractivity contribution in [3.63, 3.8) is 0 Å². The molecule has 0 spiro atoms. The van der Waals surface area contributed by atoms with Gasteiger partial charge in [0.1, 0.15) is 0 Å². The monoisotopic (exact) mass is 300 g/mol. The summed E-state index contributed by atoms with van der Waals surface area (Å²) in [6.07, 6.45) is 8.20. The zero-order valence-corrected chi connectivity index (χ0v) is 14.9. The van der Waals surface area contributed by atoms with Gasteiger partial charge in [-0.05, 0) is 33.7 Å². The second-order valence-electron chi connectivity index (χ2n) is 6.57. The summed E-state index contributed by atoms with van der Waals surface area (Å²) in [5.41, 5.74) is 5.74. The van der Waals surface area contributed by atoms with Crippen molar-refractivity contribution in [1.82, 2.24) is 16.0 Å². The number of hydrogen-bond acceptors (Lipinski definition) is 4. The topological polar surface area (TPSA) is 62.1 Å². The summed E-state index contributed by atoms with van der Waals surface area (Å²) in [5, 5.41) is 10.5. The van der Waals surface area contributed by atoms with Crippen molar-refractivity contribution in [1.29, 1.82) is 0 Å². The Balaban J connectivity index is 3.32. The third-order valence-corrected chi connectivity index (χ3v) is 3.72. The summed E-state index contributed by atoms with van der Waals surface area (Å²) in [7, 11) is 0. The minimum atomic E-state index is 0.226. The third kappa shape index (κ3) is 16.0. The molecule has 128 valence electrons. The van der Waals surface area contributed by atoms with Gasteiger partial charge in [-0.25, -0.2) is 0 Å². The Labute approximate surface area is 133 Å². The van der Waals surface area contributed by atoms with Gasteiger partial charge >= 0.3 is 0 Å². The van der Waals surface area contributed by atoms with Gasteiger partial charge in [0.2, 0.25) is 0 Å². The van der Waals surface area contributed by atoms with Gasteiger partial charge in [0, 0.05) is 37.8 Å². The van der Waals surface area contributed by atoms with Crippen molar-refractivity contribution in [2.45, 2.75) is 84.3 Å². The summed E-state index contributed by atoms with van der Waals surface area (Å²) in [6, 6.07) is 1.21. The Morgan fingerprint density at radius 3 is 2.00 bits per heavy atom. The SMILES string of the molecule is CCCCCCCCNCC(C)NCC(C)NCC(C)N. The van der Waals surface area contributed by atoms with E-state index in [1.54, 1.807) is 0 Å². The Bertz CT molecular complexity index is 209. The van der Waals surface area contributed by atoms with Gasteiger partial charge in [-0.15, -0.1) is 0 Å². The molecule has 0 saturated carbocycles. The Morgan fingerprint density at radius 2 is 1.33 bits per heavy atom. The molecule has 0 aromatic heterocycles. The molecular weight excluding hydrogens is 260 g/mol. The Hall–Kier alpha value is -0.160. The van der Waals surface area contributed by atoms with E-state index in [4.69, 9.17) is 5.73 Å². The van der Waals surface area contributed by atoms with Crippen molar-refractivity contribution in [2.24, 2.45) is 5.73 Å². The normalized spacial score (nSPS) is 15.9. The number of hydrogen-bond donors (Lipinski definition) is 4. The molecule has 0 aliphatic rings. The molecular formula is C17H40N4. The summed E-state index contributed by atoms with van der Waals surface area (Å²) in [6.45, 7) is 12.8. The van der Waals surface area contributed by atoms with Crippen LogP contribution in [-0.4, -0.2) is 44.3 Å². The second-order valence-corrected chi connectivity index (χ2v) is 6.57. The molecule has 21 heavy (non-hydrogen) atoms. The Morgan fingerprint density at radius 1 is 0.762 bits per heavy atom. The quantitative estimate of drug-likeness (QED) is 0.350. The average molecular weight is 301 g/mol. The molecule has 0 radical (unpaired) electrons. The van der Waals surface area contributed by atoms with Crippen molar-refractivity contribution in [3.8, 4) is 0 Å². The molecule has 4 nitrogen and oxygen atoms in total. The van der Waals surface area contributed by atoms with Crippen LogP contribution in [0.1, 0.15) is 66.2 Å². The number of rotatable bonds is 15. The van der Waals surface area contributed by atoms with Crippen molar-refractivity contribution < 1.29 is 0 Å². The molecule has 4 heteroatoms. The molecule has 0 amide bonds. The molecule has 0 heterocycles. The van der Waals surface area contributed by atoms with Crippen LogP contribution >= 0.6 is 0 Å².